The number of hydrogen-bond donors (Lipinski definition) is 0. The second kappa shape index (κ2) is 6.55. The maximum absolute atomic E-state index is 3.82. The van der Waals surface area contributed by atoms with Crippen molar-refractivity contribution in [3.63, 3.8) is 0 Å². The van der Waals surface area contributed by atoms with Crippen molar-refractivity contribution in [1.29, 1.82) is 0 Å². The summed E-state index contributed by atoms with van der Waals surface area (Å²) in [5.74, 6) is 0. The van der Waals surface area contributed by atoms with Gasteiger partial charge in [0.1, 0.15) is 0 Å². The molecule has 2 rings (SSSR count). The molecular formula is C16H15Br3. The van der Waals surface area contributed by atoms with Crippen LogP contribution in [0.15, 0.2) is 45.3 Å². The monoisotopic (exact) mass is 444 g/mol. The van der Waals surface area contributed by atoms with E-state index in [0.717, 1.165) is 10.9 Å². The molecule has 0 radical (unpaired) electrons. The van der Waals surface area contributed by atoms with E-state index in [1.165, 1.54) is 26.7 Å². The lowest BCUT2D eigenvalue weighted by Crippen LogP contribution is -1.99. The molecule has 0 aliphatic heterocycles. The van der Waals surface area contributed by atoms with Crippen LogP contribution in [0.25, 0.3) is 0 Å². The third-order valence-electron chi connectivity index (χ3n) is 3.21. The lowest BCUT2D eigenvalue weighted by molar-refractivity contribution is 0.934. The van der Waals surface area contributed by atoms with Crippen LogP contribution in [-0.2, 0) is 6.42 Å². The summed E-state index contributed by atoms with van der Waals surface area (Å²) in [5.41, 5.74) is 5.30. The van der Waals surface area contributed by atoms with E-state index < -0.39 is 0 Å². The zero-order chi connectivity index (χ0) is 14.0. The van der Waals surface area contributed by atoms with Crippen LogP contribution in [0.4, 0.5) is 0 Å². The van der Waals surface area contributed by atoms with Gasteiger partial charge in [0.25, 0.3) is 0 Å². The van der Waals surface area contributed by atoms with Crippen LogP contribution >= 0.6 is 47.8 Å². The number of rotatable bonds is 3. The van der Waals surface area contributed by atoms with Crippen molar-refractivity contribution in [3.8, 4) is 0 Å². The Labute approximate surface area is 140 Å². The van der Waals surface area contributed by atoms with E-state index >= 15 is 0 Å². The molecule has 0 saturated heterocycles. The Kier molecular flexibility index (Phi) is 5.27. The SMILES string of the molecule is Cc1cc(C(Br)Cc2ccc(Br)cc2)c(C)cc1Br. The summed E-state index contributed by atoms with van der Waals surface area (Å²) >= 11 is 10.9. The number of halogens is 3. The summed E-state index contributed by atoms with van der Waals surface area (Å²) in [6.07, 6.45) is 0.995. The predicted molar refractivity (Wildman–Crippen MR) is 93.1 cm³/mol. The summed E-state index contributed by atoms with van der Waals surface area (Å²) < 4.78 is 2.30. The van der Waals surface area contributed by atoms with Gasteiger partial charge in [0.2, 0.25) is 0 Å². The summed E-state index contributed by atoms with van der Waals surface area (Å²) in [4.78, 5) is 0.348. The predicted octanol–water partition coefficient (Wildman–Crippen LogP) is 6.51. The highest BCUT2D eigenvalue weighted by atomic mass is 79.9. The second-order valence-corrected chi connectivity index (χ2v) is 7.63. The average molecular weight is 447 g/mol. The van der Waals surface area contributed by atoms with E-state index in [9.17, 15) is 0 Å². The Morgan fingerprint density at radius 3 is 2.21 bits per heavy atom. The minimum absolute atomic E-state index is 0.348. The van der Waals surface area contributed by atoms with Crippen LogP contribution in [0.1, 0.15) is 27.1 Å². The van der Waals surface area contributed by atoms with Gasteiger partial charge in [-0.05, 0) is 60.7 Å². The van der Waals surface area contributed by atoms with Crippen molar-refractivity contribution in [1.82, 2.24) is 0 Å². The van der Waals surface area contributed by atoms with Gasteiger partial charge in [-0.25, -0.2) is 0 Å². The lowest BCUT2D eigenvalue weighted by Gasteiger charge is -2.15. The molecule has 0 spiro atoms. The highest BCUT2D eigenvalue weighted by molar-refractivity contribution is 9.10. The molecule has 0 nitrogen and oxygen atoms in total. The zero-order valence-corrected chi connectivity index (χ0v) is 15.6. The standard InChI is InChI=1S/C16H15Br3/c1-10-8-15(18)11(2)7-14(10)16(19)9-12-3-5-13(17)6-4-12/h3-8,16H,9H2,1-2H3. The third kappa shape index (κ3) is 3.93. The van der Waals surface area contributed by atoms with Crippen molar-refractivity contribution in [2.24, 2.45) is 0 Å². The Hall–Kier alpha value is -0.120. The molecule has 0 saturated carbocycles. The fraction of sp³-hybridized carbons (Fsp3) is 0.250. The van der Waals surface area contributed by atoms with Gasteiger partial charge in [-0.2, -0.15) is 0 Å². The molecule has 0 aliphatic carbocycles. The van der Waals surface area contributed by atoms with Crippen molar-refractivity contribution < 1.29 is 0 Å². The molecule has 0 bridgehead atoms. The Bertz CT molecular complexity index is 573. The molecule has 0 aliphatic rings. The van der Waals surface area contributed by atoms with E-state index in [1.54, 1.807) is 0 Å². The number of benzene rings is 2. The van der Waals surface area contributed by atoms with E-state index in [2.05, 4.69) is 98.0 Å². The molecule has 1 atom stereocenters. The first-order valence-electron chi connectivity index (χ1n) is 6.12. The number of aryl methyl sites for hydroxylation is 2. The van der Waals surface area contributed by atoms with Gasteiger partial charge in [0.15, 0.2) is 0 Å². The van der Waals surface area contributed by atoms with Crippen molar-refractivity contribution in [2.45, 2.75) is 25.1 Å². The van der Waals surface area contributed by atoms with Crippen molar-refractivity contribution in [3.05, 3.63) is 67.6 Å². The fourth-order valence-corrected chi connectivity index (χ4v) is 3.67. The van der Waals surface area contributed by atoms with Crippen LogP contribution < -0.4 is 0 Å². The van der Waals surface area contributed by atoms with Crippen LogP contribution in [0, 0.1) is 13.8 Å². The van der Waals surface area contributed by atoms with Crippen LogP contribution in [0.2, 0.25) is 0 Å². The van der Waals surface area contributed by atoms with Crippen LogP contribution in [0.5, 0.6) is 0 Å². The maximum atomic E-state index is 3.82. The summed E-state index contributed by atoms with van der Waals surface area (Å²) in [7, 11) is 0. The first kappa shape index (κ1) is 15.3. The van der Waals surface area contributed by atoms with Crippen LogP contribution in [-0.4, -0.2) is 0 Å². The van der Waals surface area contributed by atoms with Gasteiger partial charge in [-0.1, -0.05) is 66.0 Å². The molecule has 100 valence electrons. The fourth-order valence-electron chi connectivity index (χ4n) is 2.08. The normalized spacial score (nSPS) is 12.5. The van der Waals surface area contributed by atoms with E-state index in [4.69, 9.17) is 0 Å². The second-order valence-electron chi connectivity index (χ2n) is 4.76. The minimum Gasteiger partial charge on any atom is -0.0835 e. The minimum atomic E-state index is 0.348. The van der Waals surface area contributed by atoms with Gasteiger partial charge in [0.05, 0.1) is 0 Å². The highest BCUT2D eigenvalue weighted by Gasteiger charge is 2.12. The van der Waals surface area contributed by atoms with Crippen LogP contribution in [0.3, 0.4) is 0 Å². The molecule has 19 heavy (non-hydrogen) atoms. The molecule has 0 N–H and O–H groups in total. The Morgan fingerprint density at radius 1 is 0.947 bits per heavy atom. The Balaban J connectivity index is 2.22. The van der Waals surface area contributed by atoms with Gasteiger partial charge in [-0.15, -0.1) is 0 Å². The van der Waals surface area contributed by atoms with Crippen molar-refractivity contribution in [2.75, 3.05) is 0 Å². The molecule has 1 unspecified atom stereocenters. The average Bonchev–Trinajstić information content (AvgIpc) is 2.36. The lowest BCUT2D eigenvalue weighted by atomic mass is 9.98. The largest absolute Gasteiger partial charge is 0.0835 e. The maximum Gasteiger partial charge on any atom is 0.0438 e. The summed E-state index contributed by atoms with van der Waals surface area (Å²) in [6, 6.07) is 13.0. The smallest absolute Gasteiger partial charge is 0.0438 e. The first-order chi connectivity index (χ1) is 8.97. The summed E-state index contributed by atoms with van der Waals surface area (Å²) in [6.45, 7) is 4.29. The molecule has 0 aromatic heterocycles. The van der Waals surface area contributed by atoms with E-state index in [1.807, 2.05) is 0 Å². The van der Waals surface area contributed by atoms with Gasteiger partial charge >= 0.3 is 0 Å². The molecule has 2 aromatic carbocycles. The molecule has 0 fully saturated rings. The van der Waals surface area contributed by atoms with E-state index in [-0.39, 0.29) is 0 Å². The number of alkyl halides is 1. The summed E-state index contributed by atoms with van der Waals surface area (Å²) in [5, 5.41) is 0. The van der Waals surface area contributed by atoms with Gasteiger partial charge < -0.3 is 0 Å². The van der Waals surface area contributed by atoms with Gasteiger partial charge in [0, 0.05) is 13.8 Å². The Morgan fingerprint density at radius 2 is 1.58 bits per heavy atom. The van der Waals surface area contributed by atoms with E-state index in [0.29, 0.717) is 4.83 Å². The molecule has 0 amide bonds. The third-order valence-corrected chi connectivity index (χ3v) is 5.41. The van der Waals surface area contributed by atoms with Crippen molar-refractivity contribution >= 4 is 47.8 Å². The quantitative estimate of drug-likeness (QED) is 0.471. The number of hydrogen-bond acceptors (Lipinski definition) is 0. The zero-order valence-electron chi connectivity index (χ0n) is 10.9. The topological polar surface area (TPSA) is 0 Å². The molecular weight excluding hydrogens is 432 g/mol. The first-order valence-corrected chi connectivity index (χ1v) is 8.62. The van der Waals surface area contributed by atoms with Gasteiger partial charge in [-0.3, -0.25) is 0 Å². The molecule has 3 heteroatoms. The molecule has 2 aromatic rings. The molecule has 0 heterocycles. The highest BCUT2D eigenvalue weighted by Crippen LogP contribution is 2.32.